The molecule has 0 amide bonds. The van der Waals surface area contributed by atoms with Crippen LogP contribution in [0, 0.1) is 5.92 Å². The highest BCUT2D eigenvalue weighted by atomic mass is 15.2. The van der Waals surface area contributed by atoms with Crippen molar-refractivity contribution in [3.05, 3.63) is 0 Å². The van der Waals surface area contributed by atoms with E-state index in [1.54, 1.807) is 0 Å². The quantitative estimate of drug-likeness (QED) is 0.680. The van der Waals surface area contributed by atoms with Crippen molar-refractivity contribution in [1.29, 1.82) is 0 Å². The van der Waals surface area contributed by atoms with E-state index in [9.17, 15) is 0 Å². The Morgan fingerprint density at radius 3 is 2.07 bits per heavy atom. The van der Waals surface area contributed by atoms with Gasteiger partial charge in [-0.25, -0.2) is 0 Å². The second-order valence-electron chi connectivity index (χ2n) is 4.65. The van der Waals surface area contributed by atoms with Crippen LogP contribution < -0.4 is 5.73 Å². The first-order chi connectivity index (χ1) is 6.72. The average Bonchev–Trinajstić information content (AvgIpc) is 3.01. The first-order valence-electron chi connectivity index (χ1n) is 6.17. The van der Waals surface area contributed by atoms with Crippen LogP contribution in [0.25, 0.3) is 0 Å². The van der Waals surface area contributed by atoms with Crippen molar-refractivity contribution in [2.75, 3.05) is 19.6 Å². The topological polar surface area (TPSA) is 29.3 Å². The van der Waals surface area contributed by atoms with E-state index in [0.717, 1.165) is 19.0 Å². The van der Waals surface area contributed by atoms with Crippen LogP contribution in [0.15, 0.2) is 0 Å². The lowest BCUT2D eigenvalue weighted by Gasteiger charge is -2.32. The smallest absolute Gasteiger partial charge is 0.0333 e. The van der Waals surface area contributed by atoms with Gasteiger partial charge in [0.15, 0.2) is 0 Å². The third-order valence-electron chi connectivity index (χ3n) is 3.89. The Morgan fingerprint density at radius 1 is 1.21 bits per heavy atom. The standard InChI is InChI=1S/C12H26N2/c1-4-11(5-2)9-14(6-3)12(10-13)7-8-12/h11H,4-10,13H2,1-3H3. The summed E-state index contributed by atoms with van der Waals surface area (Å²) in [6.07, 6.45) is 5.23. The van der Waals surface area contributed by atoms with Crippen LogP contribution in [-0.2, 0) is 0 Å². The van der Waals surface area contributed by atoms with E-state index in [2.05, 4.69) is 25.7 Å². The summed E-state index contributed by atoms with van der Waals surface area (Å²) in [6.45, 7) is 10.1. The van der Waals surface area contributed by atoms with Crippen LogP contribution in [0.1, 0.15) is 46.5 Å². The average molecular weight is 198 g/mol. The highest BCUT2D eigenvalue weighted by Crippen LogP contribution is 2.41. The number of hydrogen-bond acceptors (Lipinski definition) is 2. The molecule has 84 valence electrons. The van der Waals surface area contributed by atoms with Crippen LogP contribution in [0.3, 0.4) is 0 Å². The number of likely N-dealkylation sites (N-methyl/N-ethyl adjacent to an activating group) is 1. The molecule has 1 aliphatic carbocycles. The molecular formula is C12H26N2. The molecule has 0 aromatic rings. The second-order valence-corrected chi connectivity index (χ2v) is 4.65. The third-order valence-corrected chi connectivity index (χ3v) is 3.89. The van der Waals surface area contributed by atoms with Gasteiger partial charge >= 0.3 is 0 Å². The Morgan fingerprint density at radius 2 is 1.79 bits per heavy atom. The summed E-state index contributed by atoms with van der Waals surface area (Å²) in [5, 5.41) is 0. The van der Waals surface area contributed by atoms with Gasteiger partial charge in [0.05, 0.1) is 0 Å². The van der Waals surface area contributed by atoms with Gasteiger partial charge in [0.1, 0.15) is 0 Å². The Kier molecular flexibility index (Phi) is 4.39. The van der Waals surface area contributed by atoms with Crippen LogP contribution in [0.4, 0.5) is 0 Å². The van der Waals surface area contributed by atoms with E-state index in [1.165, 1.54) is 32.2 Å². The maximum atomic E-state index is 5.86. The zero-order chi connectivity index (χ0) is 10.6. The fourth-order valence-electron chi connectivity index (χ4n) is 2.31. The van der Waals surface area contributed by atoms with Crippen molar-refractivity contribution >= 4 is 0 Å². The maximum Gasteiger partial charge on any atom is 0.0333 e. The minimum absolute atomic E-state index is 0.400. The molecule has 2 nitrogen and oxygen atoms in total. The van der Waals surface area contributed by atoms with Crippen molar-refractivity contribution in [2.45, 2.75) is 52.0 Å². The highest BCUT2D eigenvalue weighted by Gasteiger charge is 2.46. The van der Waals surface area contributed by atoms with E-state index in [4.69, 9.17) is 5.73 Å². The zero-order valence-electron chi connectivity index (χ0n) is 10.1. The Balaban J connectivity index is 2.46. The summed E-state index contributed by atoms with van der Waals surface area (Å²) in [4.78, 5) is 2.62. The molecule has 0 spiro atoms. The van der Waals surface area contributed by atoms with Gasteiger partial charge in [0, 0.05) is 18.6 Å². The molecule has 1 fully saturated rings. The van der Waals surface area contributed by atoms with Crippen LogP contribution in [0.2, 0.25) is 0 Å². The normalized spacial score (nSPS) is 19.3. The molecule has 1 saturated carbocycles. The van der Waals surface area contributed by atoms with E-state index in [1.807, 2.05) is 0 Å². The first kappa shape index (κ1) is 12.0. The van der Waals surface area contributed by atoms with Gasteiger partial charge in [-0.05, 0) is 25.3 Å². The van der Waals surface area contributed by atoms with Crippen molar-refractivity contribution in [2.24, 2.45) is 11.7 Å². The number of rotatable bonds is 7. The van der Waals surface area contributed by atoms with Crippen molar-refractivity contribution in [3.8, 4) is 0 Å². The van der Waals surface area contributed by atoms with Gasteiger partial charge in [-0.2, -0.15) is 0 Å². The molecular weight excluding hydrogens is 172 g/mol. The lowest BCUT2D eigenvalue weighted by molar-refractivity contribution is 0.157. The summed E-state index contributed by atoms with van der Waals surface area (Å²) in [7, 11) is 0. The second kappa shape index (κ2) is 5.13. The summed E-state index contributed by atoms with van der Waals surface area (Å²) < 4.78 is 0. The largest absolute Gasteiger partial charge is 0.329 e. The number of nitrogens with two attached hydrogens (primary N) is 1. The molecule has 0 heterocycles. The molecule has 0 radical (unpaired) electrons. The minimum atomic E-state index is 0.400. The SMILES string of the molecule is CCC(CC)CN(CC)C1(CN)CC1. The molecule has 2 heteroatoms. The van der Waals surface area contributed by atoms with Gasteiger partial charge in [0.2, 0.25) is 0 Å². The molecule has 2 N–H and O–H groups in total. The van der Waals surface area contributed by atoms with Gasteiger partial charge in [0.25, 0.3) is 0 Å². The first-order valence-corrected chi connectivity index (χ1v) is 6.17. The molecule has 0 aliphatic heterocycles. The molecule has 0 aromatic carbocycles. The summed E-state index contributed by atoms with van der Waals surface area (Å²) in [6, 6.07) is 0. The Bertz CT molecular complexity index is 160. The maximum absolute atomic E-state index is 5.86. The summed E-state index contributed by atoms with van der Waals surface area (Å²) in [5.74, 6) is 0.860. The van der Waals surface area contributed by atoms with E-state index < -0.39 is 0 Å². The van der Waals surface area contributed by atoms with Gasteiger partial charge in [-0.3, -0.25) is 4.90 Å². The zero-order valence-corrected chi connectivity index (χ0v) is 10.1. The van der Waals surface area contributed by atoms with Gasteiger partial charge < -0.3 is 5.73 Å². The third kappa shape index (κ3) is 2.48. The molecule has 0 aromatic heterocycles. The van der Waals surface area contributed by atoms with Crippen molar-refractivity contribution in [1.82, 2.24) is 4.90 Å². The number of nitrogens with zero attached hydrogens (tertiary/aromatic N) is 1. The van der Waals surface area contributed by atoms with Gasteiger partial charge in [-0.15, -0.1) is 0 Å². The van der Waals surface area contributed by atoms with Crippen LogP contribution in [-0.4, -0.2) is 30.1 Å². The lowest BCUT2D eigenvalue weighted by Crippen LogP contribution is -2.45. The fourth-order valence-corrected chi connectivity index (χ4v) is 2.31. The predicted molar refractivity (Wildman–Crippen MR) is 62.3 cm³/mol. The molecule has 1 rings (SSSR count). The van der Waals surface area contributed by atoms with E-state index >= 15 is 0 Å². The van der Waals surface area contributed by atoms with Gasteiger partial charge in [-0.1, -0.05) is 33.6 Å². The van der Waals surface area contributed by atoms with Crippen molar-refractivity contribution in [3.63, 3.8) is 0 Å². The molecule has 0 bridgehead atoms. The molecule has 14 heavy (non-hydrogen) atoms. The molecule has 0 atom stereocenters. The summed E-state index contributed by atoms with van der Waals surface area (Å²) in [5.41, 5.74) is 6.26. The molecule has 0 unspecified atom stereocenters. The fraction of sp³-hybridized carbons (Fsp3) is 1.00. The molecule has 0 saturated heterocycles. The Labute approximate surface area is 88.8 Å². The van der Waals surface area contributed by atoms with E-state index in [-0.39, 0.29) is 0 Å². The van der Waals surface area contributed by atoms with E-state index in [0.29, 0.717) is 5.54 Å². The predicted octanol–water partition coefficient (Wildman–Crippen LogP) is 2.24. The molecule has 1 aliphatic rings. The van der Waals surface area contributed by atoms with Crippen LogP contribution >= 0.6 is 0 Å². The minimum Gasteiger partial charge on any atom is -0.329 e. The lowest BCUT2D eigenvalue weighted by atomic mass is 10.0. The number of hydrogen-bond donors (Lipinski definition) is 1. The van der Waals surface area contributed by atoms with Crippen LogP contribution in [0.5, 0.6) is 0 Å². The Hall–Kier alpha value is -0.0800. The summed E-state index contributed by atoms with van der Waals surface area (Å²) >= 11 is 0. The highest BCUT2D eigenvalue weighted by molar-refractivity contribution is 5.04. The van der Waals surface area contributed by atoms with Crippen molar-refractivity contribution < 1.29 is 0 Å². The monoisotopic (exact) mass is 198 g/mol.